The Morgan fingerprint density at radius 3 is 2.60 bits per heavy atom. The summed E-state index contributed by atoms with van der Waals surface area (Å²) in [4.78, 5) is 2.16. The minimum Gasteiger partial charge on any atom is -0.464 e. The van der Waals surface area contributed by atoms with Crippen molar-refractivity contribution in [3.05, 3.63) is 51.9 Å². The molecular weight excluding hydrogens is 316 g/mol. The Bertz CT molecular complexity index is 578. The molecule has 2 aromatic rings. The maximum absolute atomic E-state index is 5.84. The van der Waals surface area contributed by atoms with E-state index in [1.165, 1.54) is 5.56 Å². The van der Waals surface area contributed by atoms with Crippen LogP contribution in [-0.2, 0) is 13.0 Å². The molecule has 108 valence electrons. The minimum atomic E-state index is 0.177. The van der Waals surface area contributed by atoms with E-state index in [1.54, 1.807) is 0 Å². The normalized spacial score (nSPS) is 12.4. The Balaban J connectivity index is 2.11. The smallest absolute Gasteiger partial charge is 0.123 e. The van der Waals surface area contributed by atoms with Gasteiger partial charge in [0.1, 0.15) is 11.5 Å². The molecule has 4 heteroatoms. The predicted molar refractivity (Wildman–Crippen MR) is 87.0 cm³/mol. The summed E-state index contributed by atoms with van der Waals surface area (Å²) in [5.41, 5.74) is 8.23. The first-order valence-electron chi connectivity index (χ1n) is 6.76. The first-order valence-corrected chi connectivity index (χ1v) is 7.55. The number of rotatable bonds is 5. The SMILES string of the molecule is Cc1ccc(CN(C)c2ccc(CC(C)N)cc2Br)o1. The Morgan fingerprint density at radius 1 is 1.30 bits per heavy atom. The number of aryl methyl sites for hydroxylation is 1. The molecule has 0 spiro atoms. The van der Waals surface area contributed by atoms with Gasteiger partial charge in [0.2, 0.25) is 0 Å². The van der Waals surface area contributed by atoms with Gasteiger partial charge in [-0.1, -0.05) is 6.07 Å². The molecule has 1 aromatic carbocycles. The summed E-state index contributed by atoms with van der Waals surface area (Å²) in [5, 5.41) is 0. The van der Waals surface area contributed by atoms with Crippen LogP contribution in [0.3, 0.4) is 0 Å². The molecule has 2 rings (SSSR count). The summed E-state index contributed by atoms with van der Waals surface area (Å²) in [6.07, 6.45) is 0.889. The number of anilines is 1. The second kappa shape index (κ2) is 6.46. The van der Waals surface area contributed by atoms with E-state index >= 15 is 0 Å². The zero-order valence-corrected chi connectivity index (χ0v) is 13.8. The highest BCUT2D eigenvalue weighted by Crippen LogP contribution is 2.28. The van der Waals surface area contributed by atoms with E-state index in [-0.39, 0.29) is 6.04 Å². The third-order valence-corrected chi connectivity index (χ3v) is 3.81. The monoisotopic (exact) mass is 336 g/mol. The highest BCUT2D eigenvalue weighted by atomic mass is 79.9. The highest BCUT2D eigenvalue weighted by molar-refractivity contribution is 9.10. The van der Waals surface area contributed by atoms with Gasteiger partial charge in [0.15, 0.2) is 0 Å². The van der Waals surface area contributed by atoms with E-state index in [2.05, 4.69) is 46.1 Å². The number of hydrogen-bond donors (Lipinski definition) is 1. The Labute approximate surface area is 128 Å². The lowest BCUT2D eigenvalue weighted by atomic mass is 10.1. The van der Waals surface area contributed by atoms with Crippen LogP contribution in [0, 0.1) is 6.92 Å². The van der Waals surface area contributed by atoms with Crippen molar-refractivity contribution in [3.63, 3.8) is 0 Å². The summed E-state index contributed by atoms with van der Waals surface area (Å²) in [6.45, 7) is 4.73. The molecule has 20 heavy (non-hydrogen) atoms. The quantitative estimate of drug-likeness (QED) is 0.900. The van der Waals surface area contributed by atoms with Crippen molar-refractivity contribution in [2.75, 3.05) is 11.9 Å². The van der Waals surface area contributed by atoms with Crippen LogP contribution in [0.5, 0.6) is 0 Å². The molecule has 1 heterocycles. The number of halogens is 1. The van der Waals surface area contributed by atoms with Crippen LogP contribution >= 0.6 is 15.9 Å². The molecule has 0 saturated carbocycles. The van der Waals surface area contributed by atoms with Crippen LogP contribution in [0.15, 0.2) is 39.2 Å². The number of nitrogens with zero attached hydrogens (tertiary/aromatic N) is 1. The fourth-order valence-electron chi connectivity index (χ4n) is 2.25. The summed E-state index contributed by atoms with van der Waals surface area (Å²) in [7, 11) is 2.06. The molecule has 0 radical (unpaired) electrons. The van der Waals surface area contributed by atoms with Gasteiger partial charge in [-0.25, -0.2) is 0 Å². The molecule has 0 fully saturated rings. The van der Waals surface area contributed by atoms with Crippen LogP contribution in [-0.4, -0.2) is 13.1 Å². The first-order chi connectivity index (χ1) is 9.45. The minimum absolute atomic E-state index is 0.177. The summed E-state index contributed by atoms with van der Waals surface area (Å²) in [5.74, 6) is 1.91. The van der Waals surface area contributed by atoms with Gasteiger partial charge in [0.25, 0.3) is 0 Å². The molecular formula is C16H21BrN2O. The Kier molecular flexibility index (Phi) is 4.89. The molecule has 0 bridgehead atoms. The molecule has 1 aromatic heterocycles. The van der Waals surface area contributed by atoms with Gasteiger partial charge in [0.05, 0.1) is 12.2 Å². The number of nitrogens with two attached hydrogens (primary N) is 1. The second-order valence-electron chi connectivity index (χ2n) is 5.34. The van der Waals surface area contributed by atoms with Gasteiger partial charge < -0.3 is 15.1 Å². The summed E-state index contributed by atoms with van der Waals surface area (Å²) < 4.78 is 6.70. The van der Waals surface area contributed by atoms with E-state index in [0.29, 0.717) is 0 Å². The number of hydrogen-bond acceptors (Lipinski definition) is 3. The average molecular weight is 337 g/mol. The van der Waals surface area contributed by atoms with Gasteiger partial charge in [-0.15, -0.1) is 0 Å². The largest absolute Gasteiger partial charge is 0.464 e. The van der Waals surface area contributed by atoms with Crippen molar-refractivity contribution >= 4 is 21.6 Å². The van der Waals surface area contributed by atoms with E-state index < -0.39 is 0 Å². The lowest BCUT2D eigenvalue weighted by Gasteiger charge is -2.20. The maximum atomic E-state index is 5.84. The zero-order chi connectivity index (χ0) is 14.7. The van der Waals surface area contributed by atoms with Crippen LogP contribution in [0.25, 0.3) is 0 Å². The lowest BCUT2D eigenvalue weighted by Crippen LogP contribution is -2.19. The molecule has 1 atom stereocenters. The van der Waals surface area contributed by atoms with Crippen molar-refractivity contribution in [1.82, 2.24) is 0 Å². The molecule has 0 amide bonds. The molecule has 1 unspecified atom stereocenters. The van der Waals surface area contributed by atoms with E-state index in [9.17, 15) is 0 Å². The van der Waals surface area contributed by atoms with Crippen molar-refractivity contribution in [2.45, 2.75) is 32.9 Å². The standard InChI is InChI=1S/C16H21BrN2O/c1-11(18)8-13-5-7-16(15(17)9-13)19(3)10-14-6-4-12(2)20-14/h4-7,9,11H,8,10,18H2,1-3H3. The molecule has 0 saturated heterocycles. The molecule has 2 N–H and O–H groups in total. The van der Waals surface area contributed by atoms with Crippen molar-refractivity contribution in [2.24, 2.45) is 5.73 Å². The Morgan fingerprint density at radius 2 is 2.05 bits per heavy atom. The second-order valence-corrected chi connectivity index (χ2v) is 6.19. The van der Waals surface area contributed by atoms with Gasteiger partial charge in [-0.05, 0) is 66.0 Å². The van der Waals surface area contributed by atoms with Gasteiger partial charge in [-0.2, -0.15) is 0 Å². The van der Waals surface area contributed by atoms with Gasteiger partial charge >= 0.3 is 0 Å². The summed E-state index contributed by atoms with van der Waals surface area (Å²) >= 11 is 3.64. The molecule has 0 aliphatic rings. The average Bonchev–Trinajstić information content (AvgIpc) is 2.73. The highest BCUT2D eigenvalue weighted by Gasteiger charge is 2.10. The van der Waals surface area contributed by atoms with Crippen molar-refractivity contribution in [3.8, 4) is 0 Å². The number of furan rings is 1. The van der Waals surface area contributed by atoms with Crippen LogP contribution in [0.1, 0.15) is 24.0 Å². The van der Waals surface area contributed by atoms with E-state index in [4.69, 9.17) is 10.2 Å². The first kappa shape index (κ1) is 15.1. The van der Waals surface area contributed by atoms with Gasteiger partial charge in [-0.3, -0.25) is 0 Å². The van der Waals surface area contributed by atoms with Crippen LogP contribution in [0.2, 0.25) is 0 Å². The molecule has 0 aliphatic carbocycles. The molecule has 3 nitrogen and oxygen atoms in total. The van der Waals surface area contributed by atoms with Crippen molar-refractivity contribution in [1.29, 1.82) is 0 Å². The maximum Gasteiger partial charge on any atom is 0.123 e. The third kappa shape index (κ3) is 3.87. The predicted octanol–water partition coefficient (Wildman–Crippen LogP) is 3.88. The van der Waals surface area contributed by atoms with Crippen LogP contribution in [0.4, 0.5) is 5.69 Å². The van der Waals surface area contributed by atoms with Crippen molar-refractivity contribution < 1.29 is 4.42 Å². The topological polar surface area (TPSA) is 42.4 Å². The summed E-state index contributed by atoms with van der Waals surface area (Å²) in [6, 6.07) is 10.6. The van der Waals surface area contributed by atoms with Crippen LogP contribution < -0.4 is 10.6 Å². The van der Waals surface area contributed by atoms with E-state index in [0.717, 1.165) is 34.6 Å². The third-order valence-electron chi connectivity index (χ3n) is 3.17. The Hall–Kier alpha value is -1.26. The lowest BCUT2D eigenvalue weighted by molar-refractivity contribution is 0.481. The zero-order valence-electron chi connectivity index (χ0n) is 12.2. The number of benzene rings is 1. The van der Waals surface area contributed by atoms with Gasteiger partial charge in [0, 0.05) is 17.6 Å². The molecule has 0 aliphatic heterocycles. The fourth-order valence-corrected chi connectivity index (χ4v) is 2.98. The fraction of sp³-hybridized carbons (Fsp3) is 0.375. The van der Waals surface area contributed by atoms with E-state index in [1.807, 2.05) is 26.0 Å².